The van der Waals surface area contributed by atoms with Crippen LogP contribution in [0.5, 0.6) is 0 Å². The van der Waals surface area contributed by atoms with E-state index in [-0.39, 0.29) is 36.1 Å². The zero-order valence-electron chi connectivity index (χ0n) is 15.7. The molecule has 0 aliphatic carbocycles. The smallest absolute Gasteiger partial charge is 0.311 e. The second kappa shape index (κ2) is 8.72. The summed E-state index contributed by atoms with van der Waals surface area (Å²) in [6.07, 6.45) is 2.17. The maximum absolute atomic E-state index is 13.0. The van der Waals surface area contributed by atoms with Crippen molar-refractivity contribution >= 4 is 46.8 Å². The number of esters is 1. The normalized spacial score (nSPS) is 23.9. The van der Waals surface area contributed by atoms with E-state index < -0.39 is 0 Å². The van der Waals surface area contributed by atoms with E-state index in [1.807, 2.05) is 36.2 Å². The van der Waals surface area contributed by atoms with Gasteiger partial charge in [0, 0.05) is 35.2 Å². The van der Waals surface area contributed by atoms with Crippen LogP contribution in [0.3, 0.4) is 0 Å². The summed E-state index contributed by atoms with van der Waals surface area (Å²) in [6.45, 7) is 4.98. The van der Waals surface area contributed by atoms with Crippen LogP contribution in [-0.2, 0) is 20.7 Å². The Labute approximate surface area is 175 Å². The molecule has 152 valence electrons. The van der Waals surface area contributed by atoms with E-state index in [0.29, 0.717) is 37.1 Å². The van der Waals surface area contributed by atoms with E-state index in [1.165, 1.54) is 0 Å². The van der Waals surface area contributed by atoms with Gasteiger partial charge < -0.3 is 19.9 Å². The van der Waals surface area contributed by atoms with E-state index in [0.717, 1.165) is 29.6 Å². The van der Waals surface area contributed by atoms with Gasteiger partial charge in [0.2, 0.25) is 5.91 Å². The van der Waals surface area contributed by atoms with Crippen molar-refractivity contribution in [1.29, 1.82) is 0 Å². The van der Waals surface area contributed by atoms with Gasteiger partial charge in [0.05, 0.1) is 18.9 Å². The van der Waals surface area contributed by atoms with E-state index in [2.05, 4.69) is 10.3 Å². The second-order valence-electron chi connectivity index (χ2n) is 7.42. The summed E-state index contributed by atoms with van der Waals surface area (Å²) in [5.41, 5.74) is 1.87. The number of hydrogen-bond acceptors (Lipinski definition) is 4. The average molecular weight is 426 g/mol. The molecule has 2 N–H and O–H groups in total. The number of amides is 1. The Kier molecular flexibility index (Phi) is 6.53. The number of benzene rings is 1. The number of aromatic nitrogens is 1. The summed E-state index contributed by atoms with van der Waals surface area (Å²) in [6, 6.07) is 5.63. The van der Waals surface area contributed by atoms with Crippen LogP contribution in [-0.4, -0.2) is 54.5 Å². The Morgan fingerprint density at radius 3 is 2.89 bits per heavy atom. The third-order valence-corrected chi connectivity index (χ3v) is 6.03. The molecule has 3 atom stereocenters. The standard InChI is InChI=1S/C20H24ClN3O3.ClH/c1-2-27-20(26)17-11-24(10-13-7-22-9-16(13)17)19(25)5-12-8-23-18-6-14(21)3-4-15(12)18;/h3-4,6,8,13,16-17,22-23H,2,5,7,9-11H2,1H3;1H. The summed E-state index contributed by atoms with van der Waals surface area (Å²) in [4.78, 5) is 30.4. The van der Waals surface area contributed by atoms with Crippen LogP contribution in [0.4, 0.5) is 0 Å². The molecule has 1 aromatic carbocycles. The van der Waals surface area contributed by atoms with Gasteiger partial charge in [0.1, 0.15) is 0 Å². The molecular formula is C20H25Cl2N3O3. The summed E-state index contributed by atoms with van der Waals surface area (Å²) in [7, 11) is 0. The fraction of sp³-hybridized carbons (Fsp3) is 0.500. The molecule has 0 saturated carbocycles. The highest BCUT2D eigenvalue weighted by Gasteiger charge is 2.44. The van der Waals surface area contributed by atoms with E-state index >= 15 is 0 Å². The van der Waals surface area contributed by atoms with Crippen LogP contribution in [0.1, 0.15) is 12.5 Å². The van der Waals surface area contributed by atoms with Gasteiger partial charge in [-0.25, -0.2) is 0 Å². The molecule has 1 aromatic heterocycles. The third-order valence-electron chi connectivity index (χ3n) is 5.79. The molecule has 6 nitrogen and oxygen atoms in total. The van der Waals surface area contributed by atoms with Crippen LogP contribution in [0.2, 0.25) is 5.02 Å². The van der Waals surface area contributed by atoms with Gasteiger partial charge >= 0.3 is 5.97 Å². The van der Waals surface area contributed by atoms with Gasteiger partial charge in [0.15, 0.2) is 0 Å². The van der Waals surface area contributed by atoms with Gasteiger partial charge in [-0.2, -0.15) is 0 Å². The monoisotopic (exact) mass is 425 g/mol. The van der Waals surface area contributed by atoms with Crippen molar-refractivity contribution in [2.45, 2.75) is 13.3 Å². The van der Waals surface area contributed by atoms with E-state index in [9.17, 15) is 9.59 Å². The minimum absolute atomic E-state index is 0. The Hall–Kier alpha value is -1.76. The Morgan fingerprint density at radius 2 is 2.11 bits per heavy atom. The molecule has 0 bridgehead atoms. The summed E-state index contributed by atoms with van der Waals surface area (Å²) < 4.78 is 5.27. The number of nitrogens with zero attached hydrogens (tertiary/aromatic N) is 1. The number of H-pyrrole nitrogens is 1. The molecule has 0 spiro atoms. The van der Waals surface area contributed by atoms with Crippen LogP contribution in [0.15, 0.2) is 24.4 Å². The van der Waals surface area contributed by atoms with Gasteiger partial charge in [-0.3, -0.25) is 9.59 Å². The molecule has 2 aliphatic rings. The van der Waals surface area contributed by atoms with Crippen molar-refractivity contribution in [2.24, 2.45) is 17.8 Å². The largest absolute Gasteiger partial charge is 0.466 e. The molecular weight excluding hydrogens is 401 g/mol. The van der Waals surface area contributed by atoms with Crippen molar-refractivity contribution in [3.05, 3.63) is 35.0 Å². The molecule has 2 fully saturated rings. The first-order valence-electron chi connectivity index (χ1n) is 9.47. The fourth-order valence-electron chi connectivity index (χ4n) is 4.44. The molecule has 2 aromatic rings. The molecule has 0 radical (unpaired) electrons. The first-order valence-corrected chi connectivity index (χ1v) is 9.85. The van der Waals surface area contributed by atoms with Gasteiger partial charge in [0.25, 0.3) is 0 Å². The number of rotatable bonds is 4. The van der Waals surface area contributed by atoms with Crippen molar-refractivity contribution < 1.29 is 14.3 Å². The molecule has 2 saturated heterocycles. The number of ether oxygens (including phenoxy) is 1. The number of carbonyl (C=O) groups excluding carboxylic acids is 2. The lowest BCUT2D eigenvalue weighted by Crippen LogP contribution is -2.51. The number of aromatic amines is 1. The first-order chi connectivity index (χ1) is 13.1. The molecule has 1 amide bonds. The Morgan fingerprint density at radius 1 is 1.29 bits per heavy atom. The minimum Gasteiger partial charge on any atom is -0.466 e. The number of hydrogen-bond donors (Lipinski definition) is 2. The third kappa shape index (κ3) is 4.00. The average Bonchev–Trinajstić information content (AvgIpc) is 3.27. The number of fused-ring (bicyclic) bond motifs is 2. The van der Waals surface area contributed by atoms with Crippen molar-refractivity contribution in [3.8, 4) is 0 Å². The quantitative estimate of drug-likeness (QED) is 0.738. The van der Waals surface area contributed by atoms with Gasteiger partial charge in [-0.15, -0.1) is 12.4 Å². The SMILES string of the molecule is CCOC(=O)C1CN(C(=O)Cc2c[nH]c3cc(Cl)ccc23)CC2CNCC21.Cl. The molecule has 8 heteroatoms. The van der Waals surface area contributed by atoms with Crippen LogP contribution in [0, 0.1) is 17.8 Å². The molecule has 2 aliphatic heterocycles. The Balaban J connectivity index is 0.00000225. The summed E-state index contributed by atoms with van der Waals surface area (Å²) in [5.74, 6) is 0.174. The van der Waals surface area contributed by atoms with Gasteiger partial charge in [-0.1, -0.05) is 17.7 Å². The van der Waals surface area contributed by atoms with Crippen molar-refractivity contribution in [1.82, 2.24) is 15.2 Å². The van der Waals surface area contributed by atoms with Crippen LogP contribution < -0.4 is 5.32 Å². The maximum Gasteiger partial charge on any atom is 0.311 e. The van der Waals surface area contributed by atoms with Crippen molar-refractivity contribution in [2.75, 3.05) is 32.8 Å². The molecule has 4 rings (SSSR count). The second-order valence-corrected chi connectivity index (χ2v) is 7.86. The predicted molar refractivity (Wildman–Crippen MR) is 111 cm³/mol. The van der Waals surface area contributed by atoms with E-state index in [4.69, 9.17) is 16.3 Å². The van der Waals surface area contributed by atoms with Crippen LogP contribution >= 0.6 is 24.0 Å². The van der Waals surface area contributed by atoms with Gasteiger partial charge in [-0.05, 0) is 49.5 Å². The lowest BCUT2D eigenvalue weighted by molar-refractivity contribution is -0.154. The minimum atomic E-state index is -0.246. The lowest BCUT2D eigenvalue weighted by Gasteiger charge is -2.39. The molecule has 28 heavy (non-hydrogen) atoms. The Bertz CT molecular complexity index is 869. The highest BCUT2D eigenvalue weighted by Crippen LogP contribution is 2.33. The number of nitrogens with one attached hydrogen (secondary N) is 2. The topological polar surface area (TPSA) is 74.4 Å². The molecule has 3 heterocycles. The van der Waals surface area contributed by atoms with Crippen LogP contribution in [0.25, 0.3) is 10.9 Å². The zero-order chi connectivity index (χ0) is 19.0. The number of likely N-dealkylation sites (tertiary alicyclic amines) is 1. The molecule has 3 unspecified atom stereocenters. The van der Waals surface area contributed by atoms with Crippen molar-refractivity contribution in [3.63, 3.8) is 0 Å². The highest BCUT2D eigenvalue weighted by molar-refractivity contribution is 6.31. The fourth-order valence-corrected chi connectivity index (χ4v) is 4.61. The zero-order valence-corrected chi connectivity index (χ0v) is 17.3. The highest BCUT2D eigenvalue weighted by atomic mass is 35.5. The maximum atomic E-state index is 13.0. The summed E-state index contributed by atoms with van der Waals surface area (Å²) in [5, 5.41) is 5.03. The summed E-state index contributed by atoms with van der Waals surface area (Å²) >= 11 is 6.03. The number of carbonyl (C=O) groups is 2. The van der Waals surface area contributed by atoms with E-state index in [1.54, 1.807) is 0 Å². The number of halogens is 2. The first kappa shape index (κ1) is 21.0. The predicted octanol–water partition coefficient (Wildman–Crippen LogP) is 2.64. The lowest BCUT2D eigenvalue weighted by atomic mass is 9.79. The number of piperidine rings is 1.